The molecule has 3 aliphatic carbocycles. The topological polar surface area (TPSA) is 51.2 Å². The van der Waals surface area contributed by atoms with Crippen molar-refractivity contribution in [2.75, 3.05) is 0 Å². The Morgan fingerprint density at radius 3 is 2.33 bits per heavy atom. The number of carbonyl (C=O) groups is 3. The number of rotatable bonds is 0. The summed E-state index contributed by atoms with van der Waals surface area (Å²) in [5.74, 6) is -2.73. The summed E-state index contributed by atoms with van der Waals surface area (Å²) >= 11 is 0. The second-order valence-corrected chi connectivity index (χ2v) is 6.97. The SMILES string of the molecule is CC1C(=O)C(=O)C(=O)C2C=C3C=CC=CC3(C)C(C)C12C. The number of ketones is 3. The first-order valence-electron chi connectivity index (χ1n) is 7.45. The third kappa shape index (κ3) is 1.52. The molecule has 0 aromatic carbocycles. The highest BCUT2D eigenvalue weighted by molar-refractivity contribution is 6.65. The fourth-order valence-corrected chi connectivity index (χ4v) is 4.34. The van der Waals surface area contributed by atoms with E-state index in [0.29, 0.717) is 0 Å². The number of Topliss-reactive ketones (excluding diaryl/α,β-unsaturated/α-hetero) is 3. The van der Waals surface area contributed by atoms with Crippen LogP contribution in [-0.2, 0) is 14.4 Å². The summed E-state index contributed by atoms with van der Waals surface area (Å²) < 4.78 is 0. The zero-order valence-electron chi connectivity index (χ0n) is 12.8. The normalized spacial score (nSPS) is 45.2. The van der Waals surface area contributed by atoms with Crippen LogP contribution in [0.4, 0.5) is 0 Å². The molecule has 1 fully saturated rings. The zero-order chi connectivity index (χ0) is 15.6. The number of hydrogen-bond acceptors (Lipinski definition) is 3. The number of allylic oxidation sites excluding steroid dienone is 6. The van der Waals surface area contributed by atoms with Gasteiger partial charge in [-0.25, -0.2) is 0 Å². The third-order valence-electron chi connectivity index (χ3n) is 6.36. The summed E-state index contributed by atoms with van der Waals surface area (Å²) in [5.41, 5.74) is 0.355. The molecule has 21 heavy (non-hydrogen) atoms. The molecule has 3 nitrogen and oxygen atoms in total. The molecule has 0 heterocycles. The van der Waals surface area contributed by atoms with Gasteiger partial charge in [-0.1, -0.05) is 58.1 Å². The first-order valence-corrected chi connectivity index (χ1v) is 7.45. The van der Waals surface area contributed by atoms with Gasteiger partial charge in [0.05, 0.1) is 5.92 Å². The van der Waals surface area contributed by atoms with Crippen LogP contribution >= 0.6 is 0 Å². The summed E-state index contributed by atoms with van der Waals surface area (Å²) in [4.78, 5) is 36.5. The van der Waals surface area contributed by atoms with Crippen LogP contribution in [-0.4, -0.2) is 17.3 Å². The van der Waals surface area contributed by atoms with Gasteiger partial charge >= 0.3 is 0 Å². The average Bonchev–Trinajstić information content (AvgIpc) is 2.47. The van der Waals surface area contributed by atoms with Crippen molar-refractivity contribution in [3.05, 3.63) is 36.0 Å². The Balaban J connectivity index is 2.25. The van der Waals surface area contributed by atoms with Crippen LogP contribution in [0.5, 0.6) is 0 Å². The maximum atomic E-state index is 12.4. The molecule has 0 spiro atoms. The molecular formula is C18H20O3. The Hall–Kier alpha value is -1.77. The Morgan fingerprint density at radius 1 is 1.00 bits per heavy atom. The van der Waals surface area contributed by atoms with Gasteiger partial charge in [0.15, 0.2) is 0 Å². The molecule has 3 heteroatoms. The molecule has 0 amide bonds. The van der Waals surface area contributed by atoms with E-state index in [0.717, 1.165) is 5.57 Å². The fraction of sp³-hybridized carbons (Fsp3) is 0.500. The lowest BCUT2D eigenvalue weighted by Crippen LogP contribution is -2.60. The van der Waals surface area contributed by atoms with Crippen LogP contribution in [0.2, 0.25) is 0 Å². The quantitative estimate of drug-likeness (QED) is 0.643. The second kappa shape index (κ2) is 4.12. The van der Waals surface area contributed by atoms with E-state index in [9.17, 15) is 14.4 Å². The molecule has 0 bridgehead atoms. The zero-order valence-corrected chi connectivity index (χ0v) is 12.8. The van der Waals surface area contributed by atoms with E-state index < -0.39 is 34.6 Å². The molecule has 0 N–H and O–H groups in total. The van der Waals surface area contributed by atoms with E-state index in [-0.39, 0.29) is 11.3 Å². The van der Waals surface area contributed by atoms with Gasteiger partial charge in [-0.15, -0.1) is 0 Å². The maximum Gasteiger partial charge on any atom is 0.265 e. The highest BCUT2D eigenvalue weighted by atomic mass is 16.2. The minimum absolute atomic E-state index is 0.0900. The second-order valence-electron chi connectivity index (χ2n) is 6.97. The number of fused-ring (bicyclic) bond motifs is 2. The largest absolute Gasteiger partial charge is 0.290 e. The van der Waals surface area contributed by atoms with Crippen molar-refractivity contribution in [3.8, 4) is 0 Å². The minimum Gasteiger partial charge on any atom is -0.290 e. The Morgan fingerprint density at radius 2 is 1.67 bits per heavy atom. The van der Waals surface area contributed by atoms with Gasteiger partial charge in [0.25, 0.3) is 5.78 Å². The van der Waals surface area contributed by atoms with Crippen molar-refractivity contribution in [2.24, 2.45) is 28.6 Å². The van der Waals surface area contributed by atoms with E-state index in [4.69, 9.17) is 0 Å². The Kier molecular flexibility index (Phi) is 2.78. The Labute approximate surface area is 124 Å². The summed E-state index contributed by atoms with van der Waals surface area (Å²) in [6, 6.07) is 0. The third-order valence-corrected chi connectivity index (χ3v) is 6.36. The highest BCUT2D eigenvalue weighted by Gasteiger charge is 2.61. The van der Waals surface area contributed by atoms with Crippen LogP contribution < -0.4 is 0 Å². The smallest absolute Gasteiger partial charge is 0.265 e. The van der Waals surface area contributed by atoms with Crippen LogP contribution in [0.25, 0.3) is 0 Å². The van der Waals surface area contributed by atoms with Gasteiger partial charge in [0.1, 0.15) is 0 Å². The fourth-order valence-electron chi connectivity index (χ4n) is 4.34. The average molecular weight is 284 g/mol. The number of carbonyl (C=O) groups excluding carboxylic acids is 3. The van der Waals surface area contributed by atoms with Gasteiger partial charge in [-0.3, -0.25) is 14.4 Å². The minimum atomic E-state index is -0.826. The monoisotopic (exact) mass is 284 g/mol. The first kappa shape index (κ1) is 14.2. The standard InChI is InChI=1S/C18H20O3/c1-10-14(19)16(21)15(20)13-9-12-7-5-6-8-17(12,3)11(2)18(10,13)4/h5-11,13H,1-4H3. The number of hydrogen-bond donors (Lipinski definition) is 0. The predicted molar refractivity (Wildman–Crippen MR) is 79.4 cm³/mol. The molecule has 0 aromatic rings. The van der Waals surface area contributed by atoms with E-state index in [1.165, 1.54) is 0 Å². The Bertz CT molecular complexity index is 651. The molecule has 0 aromatic heterocycles. The van der Waals surface area contributed by atoms with Crippen LogP contribution in [0.1, 0.15) is 27.7 Å². The van der Waals surface area contributed by atoms with Crippen molar-refractivity contribution in [3.63, 3.8) is 0 Å². The van der Waals surface area contributed by atoms with E-state index in [2.05, 4.69) is 19.9 Å². The van der Waals surface area contributed by atoms with Crippen LogP contribution in [0.3, 0.4) is 0 Å². The first-order chi connectivity index (χ1) is 9.74. The molecule has 0 saturated heterocycles. The molecule has 5 unspecified atom stereocenters. The van der Waals surface area contributed by atoms with Crippen molar-refractivity contribution in [1.29, 1.82) is 0 Å². The summed E-state index contributed by atoms with van der Waals surface area (Å²) in [5, 5.41) is 0. The lowest BCUT2D eigenvalue weighted by Gasteiger charge is -2.56. The van der Waals surface area contributed by atoms with E-state index >= 15 is 0 Å². The van der Waals surface area contributed by atoms with Crippen LogP contribution in [0, 0.1) is 28.6 Å². The molecule has 0 aliphatic heterocycles. The molecule has 110 valence electrons. The molecule has 3 rings (SSSR count). The van der Waals surface area contributed by atoms with Gasteiger partial charge in [-0.05, 0) is 16.9 Å². The molecule has 5 atom stereocenters. The lowest BCUT2D eigenvalue weighted by molar-refractivity contribution is -0.159. The van der Waals surface area contributed by atoms with E-state index in [1.807, 2.05) is 31.2 Å². The maximum absolute atomic E-state index is 12.4. The van der Waals surface area contributed by atoms with Crippen molar-refractivity contribution >= 4 is 17.3 Å². The molecule has 1 saturated carbocycles. The van der Waals surface area contributed by atoms with Crippen LogP contribution in [0.15, 0.2) is 36.0 Å². The molecular weight excluding hydrogens is 264 g/mol. The van der Waals surface area contributed by atoms with Gasteiger partial charge < -0.3 is 0 Å². The van der Waals surface area contributed by atoms with Crippen molar-refractivity contribution < 1.29 is 14.4 Å². The van der Waals surface area contributed by atoms with E-state index in [1.54, 1.807) is 6.92 Å². The predicted octanol–water partition coefficient (Wildman–Crippen LogP) is 2.67. The summed E-state index contributed by atoms with van der Waals surface area (Å²) in [6.07, 6.45) is 10.0. The molecule has 0 radical (unpaired) electrons. The van der Waals surface area contributed by atoms with Gasteiger partial charge in [0, 0.05) is 11.3 Å². The van der Waals surface area contributed by atoms with Gasteiger partial charge in [-0.2, -0.15) is 0 Å². The highest BCUT2D eigenvalue weighted by Crippen LogP contribution is 2.60. The lowest BCUT2D eigenvalue weighted by atomic mass is 9.45. The summed E-state index contributed by atoms with van der Waals surface area (Å²) in [6.45, 7) is 8.01. The van der Waals surface area contributed by atoms with Crippen molar-refractivity contribution in [1.82, 2.24) is 0 Å². The molecule has 3 aliphatic rings. The van der Waals surface area contributed by atoms with Crippen molar-refractivity contribution in [2.45, 2.75) is 27.7 Å². The summed E-state index contributed by atoms with van der Waals surface area (Å²) in [7, 11) is 0. The van der Waals surface area contributed by atoms with Gasteiger partial charge in [0.2, 0.25) is 11.6 Å².